The van der Waals surface area contributed by atoms with E-state index in [-0.39, 0.29) is 5.97 Å². The van der Waals surface area contributed by atoms with Gasteiger partial charge in [0.05, 0.1) is 6.61 Å². The van der Waals surface area contributed by atoms with Crippen LogP contribution in [0.3, 0.4) is 0 Å². The van der Waals surface area contributed by atoms with Gasteiger partial charge in [0, 0.05) is 12.7 Å². The molecule has 0 aliphatic heterocycles. The van der Waals surface area contributed by atoms with Crippen LogP contribution in [0, 0.1) is 5.92 Å². The van der Waals surface area contributed by atoms with Crippen molar-refractivity contribution in [2.75, 3.05) is 13.2 Å². The maximum atomic E-state index is 11.3. The molecule has 0 aromatic rings. The molecule has 0 saturated heterocycles. The highest BCUT2D eigenvalue weighted by molar-refractivity contribution is 6.76. The molecule has 0 fully saturated rings. The van der Waals surface area contributed by atoms with E-state index in [0.717, 1.165) is 12.8 Å². The van der Waals surface area contributed by atoms with Crippen LogP contribution < -0.4 is 0 Å². The molecular weight excluding hydrogens is 280 g/mol. The minimum atomic E-state index is -1.96. The number of rotatable bonds is 7. The van der Waals surface area contributed by atoms with Crippen LogP contribution in [0.5, 0.6) is 0 Å². The van der Waals surface area contributed by atoms with E-state index in [1.807, 2.05) is 5.70 Å². The summed E-state index contributed by atoms with van der Waals surface area (Å²) in [7, 11) is -1.96. The summed E-state index contributed by atoms with van der Waals surface area (Å²) in [4.78, 5) is 11.3. The van der Waals surface area contributed by atoms with Crippen LogP contribution in [0.4, 0.5) is 0 Å². The Labute approximate surface area is 129 Å². The Bertz CT molecular complexity index is 447. The van der Waals surface area contributed by atoms with Gasteiger partial charge in [-0.3, -0.25) is 0 Å². The summed E-state index contributed by atoms with van der Waals surface area (Å²) in [5.41, 5.74) is 4.80. The minimum absolute atomic E-state index is 0.287. The largest absolute Gasteiger partial charge is 0.463 e. The Morgan fingerprint density at radius 2 is 2.10 bits per heavy atom. The molecule has 21 heavy (non-hydrogen) atoms. The molecule has 0 spiro atoms. The van der Waals surface area contributed by atoms with Gasteiger partial charge in [0.25, 0.3) is 0 Å². The van der Waals surface area contributed by atoms with E-state index in [1.165, 1.54) is 17.2 Å². The highest BCUT2D eigenvalue weighted by atomic mass is 28.4. The Morgan fingerprint density at radius 1 is 1.38 bits per heavy atom. The molecular formula is C17H28O3Si. The molecule has 0 aromatic carbocycles. The Kier molecular flexibility index (Phi) is 7.12. The first-order valence-electron chi connectivity index (χ1n) is 7.70. The maximum absolute atomic E-state index is 11.3. The lowest BCUT2D eigenvalue weighted by atomic mass is 9.91. The number of carbonyl (C=O) groups excluding carboxylic acids is 1. The second-order valence-electron chi connectivity index (χ2n) is 6.16. The fourth-order valence-electron chi connectivity index (χ4n) is 2.12. The molecule has 0 amide bonds. The molecule has 4 heteroatoms. The third kappa shape index (κ3) is 6.91. The smallest absolute Gasteiger partial charge is 0.330 e. The standard InChI is InChI=1S/C17H28O3Si/c1-6-19-17(18)11-12-21(4,5)20-13-15(3)16-9-7-14(2)8-10-16/h7,9,11-12,15H,6,8,10,13H2,1-5H3/b12-11+/t15-/m1/s1. The summed E-state index contributed by atoms with van der Waals surface area (Å²) in [6.07, 6.45) is 8.23. The number of esters is 1. The quantitative estimate of drug-likeness (QED) is 0.402. The van der Waals surface area contributed by atoms with Gasteiger partial charge < -0.3 is 9.16 Å². The van der Waals surface area contributed by atoms with Crippen molar-refractivity contribution in [2.24, 2.45) is 5.92 Å². The average Bonchev–Trinajstić information content (AvgIpc) is 2.44. The van der Waals surface area contributed by atoms with E-state index in [2.05, 4.69) is 39.1 Å². The van der Waals surface area contributed by atoms with E-state index in [0.29, 0.717) is 19.1 Å². The zero-order valence-electron chi connectivity index (χ0n) is 13.9. The topological polar surface area (TPSA) is 35.5 Å². The van der Waals surface area contributed by atoms with Gasteiger partial charge in [-0.1, -0.05) is 35.9 Å². The van der Waals surface area contributed by atoms with Crippen LogP contribution in [0.25, 0.3) is 0 Å². The van der Waals surface area contributed by atoms with Crippen LogP contribution in [-0.2, 0) is 14.0 Å². The van der Waals surface area contributed by atoms with Crippen LogP contribution in [0.1, 0.15) is 33.6 Å². The molecule has 3 nitrogen and oxygen atoms in total. The molecule has 1 aliphatic rings. The van der Waals surface area contributed by atoms with Crippen molar-refractivity contribution in [1.29, 1.82) is 0 Å². The molecule has 0 radical (unpaired) electrons. The van der Waals surface area contributed by atoms with E-state index in [9.17, 15) is 4.79 Å². The van der Waals surface area contributed by atoms with Crippen molar-refractivity contribution in [1.82, 2.24) is 0 Å². The zero-order valence-corrected chi connectivity index (χ0v) is 14.9. The molecule has 0 unspecified atom stereocenters. The van der Waals surface area contributed by atoms with Crippen molar-refractivity contribution in [3.63, 3.8) is 0 Å². The van der Waals surface area contributed by atoms with Gasteiger partial charge in [-0.25, -0.2) is 4.79 Å². The third-order valence-electron chi connectivity index (χ3n) is 3.64. The maximum Gasteiger partial charge on any atom is 0.330 e. The number of ether oxygens (including phenoxy) is 1. The lowest BCUT2D eigenvalue weighted by Crippen LogP contribution is -2.31. The van der Waals surface area contributed by atoms with Crippen LogP contribution in [0.15, 0.2) is 35.1 Å². The van der Waals surface area contributed by atoms with Crippen LogP contribution in [0.2, 0.25) is 13.1 Å². The highest BCUT2D eigenvalue weighted by Gasteiger charge is 2.21. The van der Waals surface area contributed by atoms with E-state index >= 15 is 0 Å². The molecule has 118 valence electrons. The van der Waals surface area contributed by atoms with E-state index < -0.39 is 8.32 Å². The lowest BCUT2D eigenvalue weighted by Gasteiger charge is -2.24. The fourth-order valence-corrected chi connectivity index (χ4v) is 3.44. The van der Waals surface area contributed by atoms with Gasteiger partial charge in [0.1, 0.15) is 0 Å². The predicted molar refractivity (Wildman–Crippen MR) is 89.4 cm³/mol. The summed E-state index contributed by atoms with van der Waals surface area (Å²) in [6.45, 7) is 11.5. The van der Waals surface area contributed by atoms with Crippen LogP contribution >= 0.6 is 0 Å². The zero-order chi connectivity index (χ0) is 15.9. The number of hydrogen-bond acceptors (Lipinski definition) is 3. The summed E-state index contributed by atoms with van der Waals surface area (Å²) in [5, 5.41) is 0. The van der Waals surface area contributed by atoms with Crippen molar-refractivity contribution >= 4 is 14.3 Å². The lowest BCUT2D eigenvalue weighted by molar-refractivity contribution is -0.137. The first-order chi connectivity index (χ1) is 9.84. The van der Waals surface area contributed by atoms with Gasteiger partial charge in [0.15, 0.2) is 0 Å². The molecule has 0 N–H and O–H groups in total. The van der Waals surface area contributed by atoms with Gasteiger partial charge in [-0.15, -0.1) is 0 Å². The summed E-state index contributed by atoms with van der Waals surface area (Å²) >= 11 is 0. The average molecular weight is 308 g/mol. The number of allylic oxidation sites excluding steroid dienone is 3. The molecule has 0 saturated carbocycles. The molecule has 1 atom stereocenters. The Hall–Kier alpha value is -1.13. The van der Waals surface area contributed by atoms with Crippen molar-refractivity contribution in [3.05, 3.63) is 35.1 Å². The predicted octanol–water partition coefficient (Wildman–Crippen LogP) is 4.17. The van der Waals surface area contributed by atoms with Gasteiger partial charge in [0.2, 0.25) is 8.32 Å². The SMILES string of the molecule is CCOC(=O)/C=C/[Si](C)(C)OC[C@@H](C)C1=CC=C(C)CC1. The molecule has 0 bridgehead atoms. The first kappa shape index (κ1) is 17.9. The molecule has 1 rings (SSSR count). The summed E-state index contributed by atoms with van der Waals surface area (Å²) < 4.78 is 11.0. The second-order valence-corrected chi connectivity index (χ2v) is 9.98. The van der Waals surface area contributed by atoms with Gasteiger partial charge in [-0.2, -0.15) is 0 Å². The van der Waals surface area contributed by atoms with Gasteiger partial charge >= 0.3 is 5.97 Å². The molecule has 1 aliphatic carbocycles. The first-order valence-corrected chi connectivity index (χ1v) is 10.7. The molecule has 0 heterocycles. The van der Waals surface area contributed by atoms with Crippen LogP contribution in [-0.4, -0.2) is 27.5 Å². The Morgan fingerprint density at radius 3 is 2.67 bits per heavy atom. The van der Waals surface area contributed by atoms with E-state index in [1.54, 1.807) is 6.92 Å². The number of hydrogen-bond donors (Lipinski definition) is 0. The normalized spacial score (nSPS) is 17.4. The summed E-state index contributed by atoms with van der Waals surface area (Å²) in [6, 6.07) is 0. The van der Waals surface area contributed by atoms with E-state index in [4.69, 9.17) is 9.16 Å². The van der Waals surface area contributed by atoms with Crippen molar-refractivity contribution < 1.29 is 14.0 Å². The monoisotopic (exact) mass is 308 g/mol. The van der Waals surface area contributed by atoms with Crippen molar-refractivity contribution in [3.8, 4) is 0 Å². The third-order valence-corrected chi connectivity index (χ3v) is 5.52. The fraction of sp³-hybridized carbons (Fsp3) is 0.588. The highest BCUT2D eigenvalue weighted by Crippen LogP contribution is 2.25. The Balaban J connectivity index is 2.47. The van der Waals surface area contributed by atoms with Crippen molar-refractivity contribution in [2.45, 2.75) is 46.7 Å². The van der Waals surface area contributed by atoms with Gasteiger partial charge in [-0.05, 0) is 45.7 Å². The molecule has 0 aromatic heterocycles. The number of carbonyl (C=O) groups is 1. The minimum Gasteiger partial charge on any atom is -0.463 e. The summed E-state index contributed by atoms with van der Waals surface area (Å²) in [5.74, 6) is 0.141. The second kappa shape index (κ2) is 8.34.